The van der Waals surface area contributed by atoms with E-state index >= 15 is 0 Å². The van der Waals surface area contributed by atoms with Gasteiger partial charge in [0.25, 0.3) is 0 Å². The summed E-state index contributed by atoms with van der Waals surface area (Å²) >= 11 is 0. The number of carbonyl (C=O) groups excluding carboxylic acids is 1. The van der Waals surface area contributed by atoms with E-state index in [-0.39, 0.29) is 18.1 Å². The fourth-order valence-corrected chi connectivity index (χ4v) is 1.51. The summed E-state index contributed by atoms with van der Waals surface area (Å²) in [7, 11) is 0. The Morgan fingerprint density at radius 1 is 1.40 bits per heavy atom. The van der Waals surface area contributed by atoms with Crippen molar-refractivity contribution >= 4 is 6.03 Å². The summed E-state index contributed by atoms with van der Waals surface area (Å²) in [5.74, 6) is 0. The Morgan fingerprint density at radius 3 is 2.40 bits per heavy atom. The smallest absolute Gasteiger partial charge is 0.315 e. The second-order valence-electron chi connectivity index (χ2n) is 4.47. The van der Waals surface area contributed by atoms with Crippen molar-refractivity contribution in [3.05, 3.63) is 0 Å². The monoisotopic (exact) mass is 214 g/mol. The molecule has 4 nitrogen and oxygen atoms in total. The van der Waals surface area contributed by atoms with Crippen LogP contribution in [0.1, 0.15) is 39.5 Å². The highest BCUT2D eigenvalue weighted by molar-refractivity contribution is 5.74. The Kier molecular flexibility index (Phi) is 4.39. The predicted molar refractivity (Wildman–Crippen MR) is 59.7 cm³/mol. The minimum absolute atomic E-state index is 0.0998. The van der Waals surface area contributed by atoms with Crippen LogP contribution in [0, 0.1) is 5.41 Å². The summed E-state index contributed by atoms with van der Waals surface area (Å²) in [4.78, 5) is 11.4. The molecule has 2 amide bonds. The Labute approximate surface area is 91.4 Å². The van der Waals surface area contributed by atoms with Crippen LogP contribution in [0.25, 0.3) is 0 Å². The van der Waals surface area contributed by atoms with E-state index in [0.717, 1.165) is 25.7 Å². The van der Waals surface area contributed by atoms with E-state index in [4.69, 9.17) is 0 Å². The molecular formula is C11H22N2O2. The first-order valence-corrected chi connectivity index (χ1v) is 5.81. The van der Waals surface area contributed by atoms with Gasteiger partial charge in [0.2, 0.25) is 0 Å². The minimum Gasteiger partial charge on any atom is -0.396 e. The summed E-state index contributed by atoms with van der Waals surface area (Å²) in [6, 6.07) is 0.286. The Balaban J connectivity index is 2.28. The average molecular weight is 214 g/mol. The molecule has 3 N–H and O–H groups in total. The summed E-state index contributed by atoms with van der Waals surface area (Å²) in [6.07, 6.45) is 3.95. The highest BCUT2D eigenvalue weighted by atomic mass is 16.3. The maximum atomic E-state index is 11.4. The van der Waals surface area contributed by atoms with Crippen LogP contribution >= 0.6 is 0 Å². The van der Waals surface area contributed by atoms with Gasteiger partial charge in [-0.1, -0.05) is 13.8 Å². The van der Waals surface area contributed by atoms with Crippen LogP contribution in [0.4, 0.5) is 4.79 Å². The molecule has 0 unspecified atom stereocenters. The number of nitrogens with one attached hydrogen (secondary N) is 2. The normalized spacial score (nSPS) is 16.2. The van der Waals surface area contributed by atoms with E-state index in [0.29, 0.717) is 12.6 Å². The van der Waals surface area contributed by atoms with Crippen molar-refractivity contribution < 1.29 is 9.90 Å². The van der Waals surface area contributed by atoms with Gasteiger partial charge in [0.05, 0.1) is 6.61 Å². The third-order valence-electron chi connectivity index (χ3n) is 3.37. The molecule has 1 aliphatic rings. The third kappa shape index (κ3) is 3.70. The SMILES string of the molecule is CCC(CC)(CO)CNC(=O)NC1CC1. The van der Waals surface area contributed by atoms with Gasteiger partial charge in [-0.3, -0.25) is 0 Å². The third-order valence-corrected chi connectivity index (χ3v) is 3.37. The van der Waals surface area contributed by atoms with Gasteiger partial charge in [-0.05, 0) is 25.7 Å². The molecule has 0 saturated heterocycles. The Morgan fingerprint density at radius 2 is 2.00 bits per heavy atom. The summed E-state index contributed by atoms with van der Waals surface area (Å²) in [5.41, 5.74) is -0.152. The lowest BCUT2D eigenvalue weighted by molar-refractivity contribution is 0.115. The van der Waals surface area contributed by atoms with Gasteiger partial charge in [0, 0.05) is 18.0 Å². The van der Waals surface area contributed by atoms with E-state index < -0.39 is 0 Å². The number of aliphatic hydroxyl groups excluding tert-OH is 1. The predicted octanol–water partition coefficient (Wildman–Crippen LogP) is 1.25. The highest BCUT2D eigenvalue weighted by Gasteiger charge is 2.27. The quantitative estimate of drug-likeness (QED) is 0.623. The molecule has 0 heterocycles. The molecule has 0 aromatic carbocycles. The summed E-state index contributed by atoms with van der Waals surface area (Å²) in [5, 5.41) is 15.0. The van der Waals surface area contributed by atoms with Crippen LogP contribution < -0.4 is 10.6 Å². The number of hydrogen-bond acceptors (Lipinski definition) is 2. The molecule has 1 aliphatic carbocycles. The lowest BCUT2D eigenvalue weighted by Gasteiger charge is -2.29. The standard InChI is InChI=1S/C11H22N2O2/c1-3-11(4-2,8-14)7-12-10(15)13-9-5-6-9/h9,14H,3-8H2,1-2H3,(H2,12,13,15). The van der Waals surface area contributed by atoms with Crippen molar-refractivity contribution in [3.8, 4) is 0 Å². The van der Waals surface area contributed by atoms with Crippen LogP contribution in [0.2, 0.25) is 0 Å². The van der Waals surface area contributed by atoms with Gasteiger partial charge in [0.15, 0.2) is 0 Å². The van der Waals surface area contributed by atoms with Crippen molar-refractivity contribution in [1.29, 1.82) is 0 Å². The molecule has 1 fully saturated rings. The van der Waals surface area contributed by atoms with Gasteiger partial charge in [-0.2, -0.15) is 0 Å². The lowest BCUT2D eigenvalue weighted by Crippen LogP contribution is -2.44. The van der Waals surface area contributed by atoms with E-state index in [1.165, 1.54) is 0 Å². The molecule has 0 aromatic rings. The van der Waals surface area contributed by atoms with Crippen LogP contribution in [0.3, 0.4) is 0 Å². The molecule has 0 aromatic heterocycles. The van der Waals surface area contributed by atoms with Crippen molar-refractivity contribution in [2.45, 2.75) is 45.6 Å². The molecule has 0 spiro atoms. The van der Waals surface area contributed by atoms with E-state index in [1.807, 2.05) is 13.8 Å². The van der Waals surface area contributed by atoms with Gasteiger partial charge in [-0.15, -0.1) is 0 Å². The second-order valence-corrected chi connectivity index (χ2v) is 4.47. The number of rotatable bonds is 6. The first kappa shape index (κ1) is 12.3. The lowest BCUT2D eigenvalue weighted by atomic mass is 9.83. The molecule has 0 radical (unpaired) electrons. The first-order valence-electron chi connectivity index (χ1n) is 5.81. The number of hydrogen-bond donors (Lipinski definition) is 3. The average Bonchev–Trinajstić information content (AvgIpc) is 3.05. The van der Waals surface area contributed by atoms with E-state index in [2.05, 4.69) is 10.6 Å². The molecule has 1 saturated carbocycles. The van der Waals surface area contributed by atoms with E-state index in [9.17, 15) is 9.90 Å². The Hall–Kier alpha value is -0.770. The maximum Gasteiger partial charge on any atom is 0.315 e. The van der Waals surface area contributed by atoms with Gasteiger partial charge in [0.1, 0.15) is 0 Å². The molecule has 0 atom stereocenters. The molecule has 88 valence electrons. The molecule has 15 heavy (non-hydrogen) atoms. The summed E-state index contributed by atoms with van der Waals surface area (Å²) in [6.45, 7) is 4.76. The van der Waals surface area contributed by atoms with Crippen LogP contribution in [0.5, 0.6) is 0 Å². The zero-order chi connectivity index (χ0) is 11.3. The highest BCUT2D eigenvalue weighted by Crippen LogP contribution is 2.24. The number of amides is 2. The molecule has 4 heteroatoms. The van der Waals surface area contributed by atoms with Crippen LogP contribution in [0.15, 0.2) is 0 Å². The number of aliphatic hydroxyl groups is 1. The van der Waals surface area contributed by atoms with Crippen LogP contribution in [-0.2, 0) is 0 Å². The minimum atomic E-state index is -0.152. The zero-order valence-corrected chi connectivity index (χ0v) is 9.68. The maximum absolute atomic E-state index is 11.4. The van der Waals surface area contributed by atoms with Crippen LogP contribution in [-0.4, -0.2) is 30.3 Å². The number of urea groups is 1. The van der Waals surface area contributed by atoms with Crippen molar-refractivity contribution in [2.24, 2.45) is 5.41 Å². The topological polar surface area (TPSA) is 61.4 Å². The van der Waals surface area contributed by atoms with Crippen molar-refractivity contribution in [3.63, 3.8) is 0 Å². The fraction of sp³-hybridized carbons (Fsp3) is 0.909. The van der Waals surface area contributed by atoms with Crippen molar-refractivity contribution in [1.82, 2.24) is 10.6 Å². The van der Waals surface area contributed by atoms with Gasteiger partial charge >= 0.3 is 6.03 Å². The largest absolute Gasteiger partial charge is 0.396 e. The van der Waals surface area contributed by atoms with E-state index in [1.54, 1.807) is 0 Å². The second kappa shape index (κ2) is 5.35. The van der Waals surface area contributed by atoms with Gasteiger partial charge < -0.3 is 15.7 Å². The molecular weight excluding hydrogens is 192 g/mol. The zero-order valence-electron chi connectivity index (χ0n) is 9.68. The summed E-state index contributed by atoms with van der Waals surface area (Å²) < 4.78 is 0. The van der Waals surface area contributed by atoms with Crippen molar-refractivity contribution in [2.75, 3.05) is 13.2 Å². The first-order chi connectivity index (χ1) is 7.15. The fourth-order valence-electron chi connectivity index (χ4n) is 1.51. The number of carbonyl (C=O) groups is 1. The molecule has 1 rings (SSSR count). The Bertz CT molecular complexity index is 202. The van der Waals surface area contributed by atoms with Gasteiger partial charge in [-0.25, -0.2) is 4.79 Å². The molecule has 0 aliphatic heterocycles. The molecule has 0 bridgehead atoms.